The van der Waals surface area contributed by atoms with E-state index in [1.807, 2.05) is 0 Å². The lowest BCUT2D eigenvalue weighted by Crippen LogP contribution is -2.32. The molecule has 0 radical (unpaired) electrons. The molecule has 21 heavy (non-hydrogen) atoms. The summed E-state index contributed by atoms with van der Waals surface area (Å²) in [7, 11) is 0. The fraction of sp³-hybridized carbons (Fsp3) is 0.385. The Balaban J connectivity index is 2.48. The maximum atomic E-state index is 13.8. The highest BCUT2D eigenvalue weighted by Crippen LogP contribution is 2.41. The summed E-state index contributed by atoms with van der Waals surface area (Å²) in [6.07, 6.45) is -0.0310. The number of aliphatic hydroxyl groups is 1. The average Bonchev–Trinajstić information content (AvgIpc) is 2.42. The van der Waals surface area contributed by atoms with Crippen molar-refractivity contribution < 1.29 is 23.2 Å². The van der Waals surface area contributed by atoms with Crippen molar-refractivity contribution in [2.45, 2.75) is 24.8 Å². The highest BCUT2D eigenvalue weighted by Gasteiger charge is 2.40. The van der Waals surface area contributed by atoms with Gasteiger partial charge in [-0.05, 0) is 22.5 Å². The monoisotopic (exact) mass is 365 g/mol. The zero-order valence-electron chi connectivity index (χ0n) is 10.7. The van der Waals surface area contributed by atoms with Gasteiger partial charge in [0, 0.05) is 23.0 Å². The first-order chi connectivity index (χ1) is 9.85. The summed E-state index contributed by atoms with van der Waals surface area (Å²) >= 11 is 3.19. The molecular formula is C13H11BrF3NO3. The van der Waals surface area contributed by atoms with E-state index in [2.05, 4.69) is 15.9 Å². The predicted octanol–water partition coefficient (Wildman–Crippen LogP) is 3.27. The molecule has 2 rings (SSSR count). The summed E-state index contributed by atoms with van der Waals surface area (Å²) in [5, 5.41) is 20.3. The van der Waals surface area contributed by atoms with Gasteiger partial charge in [0.1, 0.15) is 5.82 Å². The van der Waals surface area contributed by atoms with E-state index in [0.29, 0.717) is 22.2 Å². The van der Waals surface area contributed by atoms with Gasteiger partial charge in [-0.3, -0.25) is 10.1 Å². The van der Waals surface area contributed by atoms with Crippen LogP contribution >= 0.6 is 15.9 Å². The second-order valence-electron chi connectivity index (χ2n) is 4.82. The number of hydrogen-bond donors (Lipinski definition) is 1. The molecule has 0 aromatic heterocycles. The van der Waals surface area contributed by atoms with E-state index in [9.17, 15) is 23.3 Å². The molecule has 1 aromatic carbocycles. The summed E-state index contributed by atoms with van der Waals surface area (Å²) < 4.78 is 40.7. The zero-order chi connectivity index (χ0) is 15.7. The van der Waals surface area contributed by atoms with Gasteiger partial charge in [0.25, 0.3) is 0 Å². The van der Waals surface area contributed by atoms with Crippen LogP contribution in [0.25, 0.3) is 0 Å². The third kappa shape index (κ3) is 3.11. The molecule has 0 saturated heterocycles. The summed E-state index contributed by atoms with van der Waals surface area (Å²) in [6, 6.07) is -0.149. The number of nitrogens with zero attached hydrogens (tertiary/aromatic N) is 1. The third-order valence-electron chi connectivity index (χ3n) is 3.60. The van der Waals surface area contributed by atoms with E-state index >= 15 is 0 Å². The minimum absolute atomic E-state index is 0.0452. The average molecular weight is 366 g/mol. The van der Waals surface area contributed by atoms with E-state index in [1.54, 1.807) is 0 Å². The van der Waals surface area contributed by atoms with Gasteiger partial charge in [-0.25, -0.2) is 13.2 Å². The molecule has 1 aliphatic carbocycles. The van der Waals surface area contributed by atoms with E-state index in [4.69, 9.17) is 5.11 Å². The van der Waals surface area contributed by atoms with Crippen LogP contribution in [0.4, 0.5) is 13.2 Å². The number of aliphatic hydroxyl groups excluding tert-OH is 1. The molecule has 0 saturated carbocycles. The lowest BCUT2D eigenvalue weighted by Gasteiger charge is -2.27. The smallest absolute Gasteiger partial charge is 0.224 e. The van der Waals surface area contributed by atoms with Gasteiger partial charge < -0.3 is 5.11 Å². The van der Waals surface area contributed by atoms with Crippen molar-refractivity contribution in [3.05, 3.63) is 55.3 Å². The number of halogens is 4. The van der Waals surface area contributed by atoms with Gasteiger partial charge in [-0.1, -0.05) is 15.9 Å². The Morgan fingerprint density at radius 3 is 2.43 bits per heavy atom. The number of benzene rings is 1. The summed E-state index contributed by atoms with van der Waals surface area (Å²) in [4.78, 5) is 10.6. The van der Waals surface area contributed by atoms with Crippen molar-refractivity contribution in [1.29, 1.82) is 0 Å². The number of nitro groups is 1. The standard InChI is InChI=1S/C13H11BrF3NO3/c14-9-2-8(13(18(20)21)1-6(9)5-19)7-3-11(16)12(17)4-10(7)15/h3-4,8,13,19H,1-2,5H2/t8-,13+/m1/s1. The second kappa shape index (κ2) is 6.15. The van der Waals surface area contributed by atoms with Crippen LogP contribution < -0.4 is 0 Å². The lowest BCUT2D eigenvalue weighted by molar-refractivity contribution is -0.527. The minimum atomic E-state index is -1.34. The molecule has 0 fully saturated rings. The zero-order valence-corrected chi connectivity index (χ0v) is 12.2. The van der Waals surface area contributed by atoms with Gasteiger partial charge in [-0.2, -0.15) is 0 Å². The van der Waals surface area contributed by atoms with Crippen molar-refractivity contribution in [1.82, 2.24) is 0 Å². The molecule has 0 aliphatic heterocycles. The van der Waals surface area contributed by atoms with Crippen LogP contribution in [0.2, 0.25) is 0 Å². The van der Waals surface area contributed by atoms with Gasteiger partial charge in [-0.15, -0.1) is 0 Å². The molecule has 0 unspecified atom stereocenters. The normalized spacial score (nSPS) is 22.5. The molecule has 0 bridgehead atoms. The van der Waals surface area contributed by atoms with Crippen molar-refractivity contribution in [2.24, 2.45) is 0 Å². The van der Waals surface area contributed by atoms with Crippen LogP contribution in [-0.2, 0) is 0 Å². The molecule has 8 heteroatoms. The molecule has 1 aromatic rings. The van der Waals surface area contributed by atoms with Crippen molar-refractivity contribution in [3.8, 4) is 0 Å². The van der Waals surface area contributed by atoms with Crippen LogP contribution in [-0.4, -0.2) is 22.7 Å². The van der Waals surface area contributed by atoms with Crippen molar-refractivity contribution >= 4 is 15.9 Å². The van der Waals surface area contributed by atoms with Crippen LogP contribution in [0, 0.1) is 27.6 Å². The Kier molecular flexibility index (Phi) is 4.67. The van der Waals surface area contributed by atoms with E-state index in [-0.39, 0.29) is 25.0 Å². The first-order valence-electron chi connectivity index (χ1n) is 6.10. The van der Waals surface area contributed by atoms with E-state index < -0.39 is 34.3 Å². The molecule has 0 heterocycles. The molecule has 114 valence electrons. The Morgan fingerprint density at radius 2 is 1.86 bits per heavy atom. The second-order valence-corrected chi connectivity index (χ2v) is 5.78. The van der Waals surface area contributed by atoms with E-state index in [1.165, 1.54) is 0 Å². The molecular weight excluding hydrogens is 355 g/mol. The molecule has 0 amide bonds. The van der Waals surface area contributed by atoms with Crippen LogP contribution in [0.5, 0.6) is 0 Å². The van der Waals surface area contributed by atoms with Crippen LogP contribution in [0.3, 0.4) is 0 Å². The Labute approximate surface area is 126 Å². The third-order valence-corrected chi connectivity index (χ3v) is 4.49. The Hall–Kier alpha value is -1.41. The predicted molar refractivity (Wildman–Crippen MR) is 72.1 cm³/mol. The quantitative estimate of drug-likeness (QED) is 0.508. The number of rotatable bonds is 3. The molecule has 2 atom stereocenters. The Morgan fingerprint density at radius 1 is 1.24 bits per heavy atom. The summed E-state index contributed by atoms with van der Waals surface area (Å²) in [6.45, 7) is -0.349. The topological polar surface area (TPSA) is 63.4 Å². The van der Waals surface area contributed by atoms with Gasteiger partial charge in [0.2, 0.25) is 6.04 Å². The van der Waals surface area contributed by atoms with Crippen molar-refractivity contribution in [3.63, 3.8) is 0 Å². The SMILES string of the molecule is O=[N+]([O-])[C@H]1CC(CO)=C(Br)C[C@@H]1c1cc(F)c(F)cc1F. The maximum Gasteiger partial charge on any atom is 0.224 e. The van der Waals surface area contributed by atoms with Gasteiger partial charge >= 0.3 is 0 Å². The molecule has 4 nitrogen and oxygen atoms in total. The van der Waals surface area contributed by atoms with Crippen molar-refractivity contribution in [2.75, 3.05) is 6.61 Å². The first kappa shape index (κ1) is 16.0. The maximum absolute atomic E-state index is 13.8. The number of hydrogen-bond acceptors (Lipinski definition) is 3. The van der Waals surface area contributed by atoms with Gasteiger partial charge in [0.15, 0.2) is 11.6 Å². The largest absolute Gasteiger partial charge is 0.392 e. The molecule has 0 spiro atoms. The number of allylic oxidation sites excluding steroid dienone is 1. The van der Waals surface area contributed by atoms with E-state index in [0.717, 1.165) is 0 Å². The van der Waals surface area contributed by atoms with Crippen LogP contribution in [0.1, 0.15) is 24.3 Å². The molecule has 1 aliphatic rings. The molecule has 1 N–H and O–H groups in total. The highest BCUT2D eigenvalue weighted by atomic mass is 79.9. The summed E-state index contributed by atoms with van der Waals surface area (Å²) in [5.74, 6) is -4.53. The highest BCUT2D eigenvalue weighted by molar-refractivity contribution is 9.11. The first-order valence-corrected chi connectivity index (χ1v) is 6.89. The fourth-order valence-electron chi connectivity index (χ4n) is 2.49. The van der Waals surface area contributed by atoms with Crippen LogP contribution in [0.15, 0.2) is 22.2 Å². The summed E-state index contributed by atoms with van der Waals surface area (Å²) in [5.41, 5.74) is 0.223. The minimum Gasteiger partial charge on any atom is -0.392 e. The fourth-order valence-corrected chi connectivity index (χ4v) is 3.13. The lowest BCUT2D eigenvalue weighted by atomic mass is 9.80. The Bertz CT molecular complexity index is 621. The van der Waals surface area contributed by atoms with Gasteiger partial charge in [0.05, 0.1) is 12.5 Å².